The Morgan fingerprint density at radius 3 is 2.55 bits per heavy atom. The molecule has 0 radical (unpaired) electrons. The van der Waals surface area contributed by atoms with Crippen molar-refractivity contribution in [2.24, 2.45) is 10.6 Å². The van der Waals surface area contributed by atoms with Crippen LogP contribution in [0.5, 0.6) is 0 Å². The van der Waals surface area contributed by atoms with E-state index in [2.05, 4.69) is 10.5 Å². The highest BCUT2D eigenvalue weighted by Gasteiger charge is 2.37. The zero-order valence-corrected chi connectivity index (χ0v) is 16.9. The standard InChI is InChI=1S/C23H23N3O3/c1-23(2,3)18(27)12-13-9-10-17-15(11-13)19(22(28)26(17)4)21-20(25-29)14-7-5-6-8-16(14)24-21/h5-11,24,29H,12H2,1-4H3/b21-19-,25-20+. The molecule has 2 aliphatic heterocycles. The molecule has 2 aromatic carbocycles. The van der Waals surface area contributed by atoms with Crippen molar-refractivity contribution in [3.8, 4) is 0 Å². The van der Waals surface area contributed by atoms with Crippen molar-refractivity contribution in [2.45, 2.75) is 27.2 Å². The van der Waals surface area contributed by atoms with E-state index in [1.807, 2.05) is 63.2 Å². The van der Waals surface area contributed by atoms with Crippen LogP contribution in [-0.4, -0.2) is 29.7 Å². The van der Waals surface area contributed by atoms with Crippen LogP contribution in [0.1, 0.15) is 37.5 Å². The van der Waals surface area contributed by atoms with Crippen molar-refractivity contribution in [3.05, 3.63) is 64.9 Å². The van der Waals surface area contributed by atoms with Crippen LogP contribution in [-0.2, 0) is 16.0 Å². The quantitative estimate of drug-likeness (QED) is 0.465. The first-order chi connectivity index (χ1) is 13.7. The highest BCUT2D eigenvalue weighted by Crippen LogP contribution is 2.41. The molecule has 0 aliphatic carbocycles. The maximum Gasteiger partial charge on any atom is 0.260 e. The summed E-state index contributed by atoms with van der Waals surface area (Å²) in [5, 5.41) is 16.3. The fourth-order valence-electron chi connectivity index (χ4n) is 3.68. The van der Waals surface area contributed by atoms with Crippen LogP contribution in [0, 0.1) is 5.41 Å². The van der Waals surface area contributed by atoms with Crippen molar-refractivity contribution in [3.63, 3.8) is 0 Å². The molecule has 2 N–H and O–H groups in total. The topological polar surface area (TPSA) is 82.0 Å². The summed E-state index contributed by atoms with van der Waals surface area (Å²) < 4.78 is 0. The molecule has 0 unspecified atom stereocenters. The van der Waals surface area contributed by atoms with Gasteiger partial charge in [-0.15, -0.1) is 0 Å². The summed E-state index contributed by atoms with van der Waals surface area (Å²) in [5.74, 6) is -0.0518. The molecule has 148 valence electrons. The summed E-state index contributed by atoms with van der Waals surface area (Å²) in [6, 6.07) is 13.1. The van der Waals surface area contributed by atoms with Crippen molar-refractivity contribution in [2.75, 3.05) is 17.3 Å². The van der Waals surface area contributed by atoms with Gasteiger partial charge in [-0.05, 0) is 23.8 Å². The van der Waals surface area contributed by atoms with Crippen LogP contribution in [0.15, 0.2) is 53.3 Å². The molecule has 2 heterocycles. The van der Waals surface area contributed by atoms with Crippen molar-refractivity contribution < 1.29 is 14.8 Å². The van der Waals surface area contributed by atoms with Gasteiger partial charge < -0.3 is 15.4 Å². The first-order valence-corrected chi connectivity index (χ1v) is 9.50. The highest BCUT2D eigenvalue weighted by molar-refractivity contribution is 6.40. The van der Waals surface area contributed by atoms with Crippen LogP contribution in [0.25, 0.3) is 5.57 Å². The van der Waals surface area contributed by atoms with E-state index in [0.29, 0.717) is 23.4 Å². The third kappa shape index (κ3) is 3.01. The van der Waals surface area contributed by atoms with Crippen molar-refractivity contribution >= 4 is 34.3 Å². The number of nitrogens with one attached hydrogen (secondary N) is 1. The van der Waals surface area contributed by atoms with E-state index in [4.69, 9.17) is 0 Å². The maximum absolute atomic E-state index is 13.1. The molecular formula is C23H23N3O3. The van der Waals surface area contributed by atoms with E-state index in [-0.39, 0.29) is 11.7 Å². The van der Waals surface area contributed by atoms with Crippen LogP contribution in [0.4, 0.5) is 11.4 Å². The second-order valence-corrected chi connectivity index (χ2v) is 8.43. The lowest BCUT2D eigenvalue weighted by Crippen LogP contribution is -2.22. The Hall–Kier alpha value is -3.41. The van der Waals surface area contributed by atoms with Crippen LogP contribution in [0.2, 0.25) is 0 Å². The number of anilines is 2. The first kappa shape index (κ1) is 18.9. The zero-order valence-electron chi connectivity index (χ0n) is 16.9. The molecule has 0 saturated heterocycles. The third-order valence-corrected chi connectivity index (χ3v) is 5.44. The average Bonchev–Trinajstić information content (AvgIpc) is 3.15. The number of carbonyl (C=O) groups is 2. The predicted octanol–water partition coefficient (Wildman–Crippen LogP) is 3.84. The number of nitrogens with zero attached hydrogens (tertiary/aromatic N) is 2. The Labute approximate surface area is 169 Å². The second kappa shape index (κ2) is 6.58. The molecule has 0 fully saturated rings. The molecule has 1 amide bonds. The van der Waals surface area contributed by atoms with Crippen molar-refractivity contribution in [1.29, 1.82) is 0 Å². The Kier molecular flexibility index (Phi) is 4.30. The number of rotatable bonds is 2. The molecule has 2 aromatic rings. The molecule has 0 atom stereocenters. The van der Waals surface area contributed by atoms with E-state index in [9.17, 15) is 14.8 Å². The molecule has 29 heavy (non-hydrogen) atoms. The van der Waals surface area contributed by atoms with Crippen LogP contribution < -0.4 is 10.2 Å². The lowest BCUT2D eigenvalue weighted by molar-refractivity contribution is -0.125. The third-order valence-electron chi connectivity index (χ3n) is 5.44. The van der Waals surface area contributed by atoms with E-state index < -0.39 is 5.41 Å². The van der Waals surface area contributed by atoms with Gasteiger partial charge in [0.2, 0.25) is 0 Å². The minimum Gasteiger partial charge on any atom is -0.410 e. The number of ketones is 1. The Morgan fingerprint density at radius 2 is 1.86 bits per heavy atom. The van der Waals surface area contributed by atoms with Gasteiger partial charge in [0, 0.05) is 35.7 Å². The maximum atomic E-state index is 13.1. The Balaban J connectivity index is 1.84. The van der Waals surface area contributed by atoms with Crippen LogP contribution >= 0.6 is 0 Å². The summed E-state index contributed by atoms with van der Waals surface area (Å²) in [6.45, 7) is 5.70. The predicted molar refractivity (Wildman–Crippen MR) is 113 cm³/mol. The molecule has 6 nitrogen and oxygen atoms in total. The Morgan fingerprint density at radius 1 is 1.14 bits per heavy atom. The lowest BCUT2D eigenvalue weighted by atomic mass is 9.86. The summed E-state index contributed by atoms with van der Waals surface area (Å²) in [4.78, 5) is 27.1. The van der Waals surface area contributed by atoms with Gasteiger partial charge in [-0.1, -0.05) is 50.2 Å². The number of hydrogen-bond donors (Lipinski definition) is 2. The number of allylic oxidation sites excluding steroid dienone is 1. The summed E-state index contributed by atoms with van der Waals surface area (Å²) >= 11 is 0. The van der Waals surface area contributed by atoms with Gasteiger partial charge in [0.15, 0.2) is 0 Å². The Bertz CT molecular complexity index is 1110. The number of hydrogen-bond acceptors (Lipinski definition) is 5. The van der Waals surface area contributed by atoms with E-state index >= 15 is 0 Å². The number of likely N-dealkylation sites (N-methyl/N-ethyl adjacent to an activating group) is 1. The minimum absolute atomic E-state index is 0.133. The molecule has 0 saturated carbocycles. The molecule has 0 aromatic heterocycles. The summed E-state index contributed by atoms with van der Waals surface area (Å²) in [7, 11) is 1.71. The average molecular weight is 389 g/mol. The van der Waals surface area contributed by atoms with Gasteiger partial charge in [0.1, 0.15) is 11.5 Å². The van der Waals surface area contributed by atoms with Gasteiger partial charge in [-0.2, -0.15) is 0 Å². The minimum atomic E-state index is -0.432. The first-order valence-electron chi connectivity index (χ1n) is 9.50. The number of amides is 1. The molecule has 0 spiro atoms. The van der Waals surface area contributed by atoms with E-state index in [1.165, 1.54) is 0 Å². The smallest absolute Gasteiger partial charge is 0.260 e. The number of carbonyl (C=O) groups excluding carboxylic acids is 2. The fraction of sp³-hybridized carbons (Fsp3) is 0.261. The van der Waals surface area contributed by atoms with Crippen molar-refractivity contribution in [1.82, 2.24) is 0 Å². The number of Topliss-reactive ketones (excluding diaryl/α,β-unsaturated/α-hetero) is 1. The number of benzene rings is 2. The fourth-order valence-corrected chi connectivity index (χ4v) is 3.68. The largest absolute Gasteiger partial charge is 0.410 e. The zero-order chi connectivity index (χ0) is 20.9. The van der Waals surface area contributed by atoms with Gasteiger partial charge in [0.05, 0.1) is 17.0 Å². The summed E-state index contributed by atoms with van der Waals surface area (Å²) in [5.41, 5.74) is 4.68. The van der Waals surface area contributed by atoms with Gasteiger partial charge >= 0.3 is 0 Å². The van der Waals surface area contributed by atoms with E-state index in [0.717, 1.165) is 28.1 Å². The second-order valence-electron chi connectivity index (χ2n) is 8.43. The molecule has 6 heteroatoms. The van der Waals surface area contributed by atoms with E-state index in [1.54, 1.807) is 11.9 Å². The normalized spacial score (nSPS) is 19.4. The van der Waals surface area contributed by atoms with Gasteiger partial charge in [0.25, 0.3) is 5.91 Å². The number of oxime groups is 1. The SMILES string of the molecule is CN1C(=O)/C(=C2\Nc3ccccc3\C2=N/O)c2cc(CC(=O)C(C)(C)C)ccc21. The van der Waals surface area contributed by atoms with Gasteiger partial charge in [-0.25, -0.2) is 0 Å². The number of fused-ring (bicyclic) bond motifs is 2. The van der Waals surface area contributed by atoms with Gasteiger partial charge in [-0.3, -0.25) is 9.59 Å². The summed E-state index contributed by atoms with van der Waals surface area (Å²) in [6.07, 6.45) is 0.298. The molecule has 4 rings (SSSR count). The molecular weight excluding hydrogens is 366 g/mol. The monoisotopic (exact) mass is 389 g/mol. The number of para-hydroxylation sites is 1. The molecule has 0 bridgehead atoms. The molecule has 2 aliphatic rings. The lowest BCUT2D eigenvalue weighted by Gasteiger charge is -2.17. The van der Waals surface area contributed by atoms with Crippen LogP contribution in [0.3, 0.4) is 0 Å². The highest BCUT2D eigenvalue weighted by atomic mass is 16.4.